The highest BCUT2D eigenvalue weighted by Crippen LogP contribution is 2.19. The van der Waals surface area contributed by atoms with Gasteiger partial charge in [0.2, 0.25) is 11.8 Å². The second-order valence-electron chi connectivity index (χ2n) is 7.73. The second-order valence-corrected chi connectivity index (χ2v) is 8.68. The number of rotatable bonds is 9. The van der Waals surface area contributed by atoms with E-state index < -0.39 is 0 Å². The molecule has 0 aliphatic carbocycles. The second kappa shape index (κ2) is 10.9. The predicted octanol–water partition coefficient (Wildman–Crippen LogP) is 4.07. The van der Waals surface area contributed by atoms with Crippen molar-refractivity contribution in [1.29, 1.82) is 0 Å². The molecule has 0 saturated carbocycles. The minimum atomic E-state index is -0.150. The van der Waals surface area contributed by atoms with E-state index in [4.69, 9.17) is 0 Å². The Balaban J connectivity index is 1.57. The van der Waals surface area contributed by atoms with Crippen molar-refractivity contribution in [3.8, 4) is 0 Å². The fourth-order valence-corrected chi connectivity index (χ4v) is 4.34. The van der Waals surface area contributed by atoms with Crippen LogP contribution in [0.2, 0.25) is 0 Å². The van der Waals surface area contributed by atoms with Crippen LogP contribution < -0.4 is 10.6 Å². The minimum Gasteiger partial charge on any atom is -0.349 e. The maximum absolute atomic E-state index is 12.5. The van der Waals surface area contributed by atoms with Gasteiger partial charge in [-0.25, -0.2) is 0 Å². The maximum atomic E-state index is 12.5. The third kappa shape index (κ3) is 6.43. The van der Waals surface area contributed by atoms with E-state index in [1.54, 1.807) is 0 Å². The van der Waals surface area contributed by atoms with Crippen LogP contribution in [-0.4, -0.2) is 32.3 Å². The molecule has 2 aromatic carbocycles. The van der Waals surface area contributed by atoms with E-state index in [9.17, 15) is 9.59 Å². The molecular formula is C24H29N5O2S. The normalized spacial score (nSPS) is 11.8. The van der Waals surface area contributed by atoms with Gasteiger partial charge >= 0.3 is 0 Å². The highest BCUT2D eigenvalue weighted by Gasteiger charge is 2.17. The van der Waals surface area contributed by atoms with Crippen LogP contribution in [0.25, 0.3) is 0 Å². The third-order valence-electron chi connectivity index (χ3n) is 4.94. The molecule has 0 radical (unpaired) electrons. The molecule has 32 heavy (non-hydrogen) atoms. The van der Waals surface area contributed by atoms with Gasteiger partial charge in [-0.2, -0.15) is 0 Å². The number of benzene rings is 2. The van der Waals surface area contributed by atoms with E-state index in [2.05, 4.69) is 26.9 Å². The molecule has 7 nitrogen and oxygen atoms in total. The summed E-state index contributed by atoms with van der Waals surface area (Å²) in [6.45, 7) is 8.53. The lowest BCUT2D eigenvalue weighted by Gasteiger charge is -2.14. The van der Waals surface area contributed by atoms with Gasteiger partial charge in [-0.15, -0.1) is 10.2 Å². The molecule has 1 aromatic heterocycles. The summed E-state index contributed by atoms with van der Waals surface area (Å²) in [5.41, 5.74) is 4.01. The van der Waals surface area contributed by atoms with Crippen molar-refractivity contribution in [3.05, 3.63) is 71.0 Å². The van der Waals surface area contributed by atoms with Crippen LogP contribution in [0.4, 0.5) is 5.69 Å². The molecule has 0 unspecified atom stereocenters. The molecule has 0 spiro atoms. The molecule has 0 fully saturated rings. The SMILES string of the molecule is CCn1c(CC(=O)Nc2cc(C)cc(C)c2)nnc1SCC(=O)N[C@@H](C)c1ccccc1. The van der Waals surface area contributed by atoms with Crippen molar-refractivity contribution < 1.29 is 9.59 Å². The molecule has 2 amide bonds. The Bertz CT molecular complexity index is 1060. The van der Waals surface area contributed by atoms with Gasteiger partial charge < -0.3 is 15.2 Å². The fraction of sp³-hybridized carbons (Fsp3) is 0.333. The molecule has 1 heterocycles. The zero-order chi connectivity index (χ0) is 23.1. The number of nitrogens with zero attached hydrogens (tertiary/aromatic N) is 3. The lowest BCUT2D eigenvalue weighted by molar-refractivity contribution is -0.119. The first kappa shape index (κ1) is 23.5. The van der Waals surface area contributed by atoms with Crippen molar-refractivity contribution in [2.75, 3.05) is 11.1 Å². The van der Waals surface area contributed by atoms with E-state index in [0.717, 1.165) is 22.4 Å². The first-order valence-corrected chi connectivity index (χ1v) is 11.6. The zero-order valence-corrected chi connectivity index (χ0v) is 19.7. The molecule has 0 saturated heterocycles. The highest BCUT2D eigenvalue weighted by atomic mass is 32.2. The summed E-state index contributed by atoms with van der Waals surface area (Å²) in [6, 6.07) is 15.7. The monoisotopic (exact) mass is 451 g/mol. The van der Waals surface area contributed by atoms with E-state index in [-0.39, 0.29) is 30.0 Å². The molecule has 0 aliphatic rings. The Morgan fingerprint density at radius 1 is 1.03 bits per heavy atom. The molecule has 0 bridgehead atoms. The van der Waals surface area contributed by atoms with E-state index in [1.165, 1.54) is 11.8 Å². The van der Waals surface area contributed by atoms with Crippen molar-refractivity contribution >= 4 is 29.3 Å². The summed E-state index contributed by atoms with van der Waals surface area (Å²) < 4.78 is 1.87. The number of amides is 2. The first-order valence-electron chi connectivity index (χ1n) is 10.6. The molecule has 1 atom stereocenters. The molecule has 8 heteroatoms. The van der Waals surface area contributed by atoms with Crippen LogP contribution in [0.1, 0.15) is 42.4 Å². The average molecular weight is 452 g/mol. The average Bonchev–Trinajstić information content (AvgIpc) is 3.13. The van der Waals surface area contributed by atoms with E-state index in [0.29, 0.717) is 17.5 Å². The third-order valence-corrected chi connectivity index (χ3v) is 5.91. The lowest BCUT2D eigenvalue weighted by Crippen LogP contribution is -2.28. The number of anilines is 1. The molecule has 0 aliphatic heterocycles. The number of hydrogen-bond donors (Lipinski definition) is 2. The zero-order valence-electron chi connectivity index (χ0n) is 18.9. The smallest absolute Gasteiger partial charge is 0.232 e. The van der Waals surface area contributed by atoms with Gasteiger partial charge in [0.15, 0.2) is 5.16 Å². The number of aromatic nitrogens is 3. The van der Waals surface area contributed by atoms with Gasteiger partial charge in [0.05, 0.1) is 18.2 Å². The van der Waals surface area contributed by atoms with Gasteiger partial charge in [-0.3, -0.25) is 9.59 Å². The summed E-state index contributed by atoms with van der Waals surface area (Å²) in [7, 11) is 0. The largest absolute Gasteiger partial charge is 0.349 e. The molecule has 168 valence electrons. The lowest BCUT2D eigenvalue weighted by atomic mass is 10.1. The quantitative estimate of drug-likeness (QED) is 0.479. The Morgan fingerprint density at radius 3 is 2.38 bits per heavy atom. The maximum Gasteiger partial charge on any atom is 0.232 e. The van der Waals surface area contributed by atoms with Crippen molar-refractivity contribution in [1.82, 2.24) is 20.1 Å². The van der Waals surface area contributed by atoms with Crippen LogP contribution in [0.5, 0.6) is 0 Å². The summed E-state index contributed by atoms with van der Waals surface area (Å²) in [4.78, 5) is 24.9. The number of carbonyl (C=O) groups excluding carboxylic acids is 2. The minimum absolute atomic E-state index is 0.0714. The summed E-state index contributed by atoms with van der Waals surface area (Å²) in [5, 5.41) is 14.9. The number of thioether (sulfide) groups is 1. The Morgan fingerprint density at radius 2 is 1.72 bits per heavy atom. The van der Waals surface area contributed by atoms with Gasteiger partial charge in [0.25, 0.3) is 0 Å². The number of nitrogens with one attached hydrogen (secondary N) is 2. The molecule has 2 N–H and O–H groups in total. The standard InChI is InChI=1S/C24H29N5O2S/c1-5-29-21(14-22(30)26-20-12-16(2)11-17(3)13-20)27-28-24(29)32-15-23(31)25-18(4)19-9-7-6-8-10-19/h6-13,18H,5,14-15H2,1-4H3,(H,25,31)(H,26,30)/t18-/m0/s1. The van der Waals surface area contributed by atoms with Crippen LogP contribution in [0.3, 0.4) is 0 Å². The van der Waals surface area contributed by atoms with Gasteiger partial charge in [0, 0.05) is 12.2 Å². The molecular weight excluding hydrogens is 422 g/mol. The molecule has 3 aromatic rings. The van der Waals surface area contributed by atoms with Crippen molar-refractivity contribution in [2.45, 2.75) is 51.9 Å². The highest BCUT2D eigenvalue weighted by molar-refractivity contribution is 7.99. The van der Waals surface area contributed by atoms with Crippen molar-refractivity contribution in [2.24, 2.45) is 0 Å². The Labute approximate surface area is 193 Å². The topological polar surface area (TPSA) is 88.9 Å². The fourth-order valence-electron chi connectivity index (χ4n) is 3.51. The van der Waals surface area contributed by atoms with Crippen LogP contribution >= 0.6 is 11.8 Å². The number of carbonyl (C=O) groups is 2. The number of hydrogen-bond acceptors (Lipinski definition) is 5. The van der Waals surface area contributed by atoms with Gasteiger partial charge in [0.1, 0.15) is 5.82 Å². The number of aryl methyl sites for hydroxylation is 2. The van der Waals surface area contributed by atoms with E-state index >= 15 is 0 Å². The summed E-state index contributed by atoms with van der Waals surface area (Å²) in [6.07, 6.45) is 0.117. The summed E-state index contributed by atoms with van der Waals surface area (Å²) in [5.74, 6) is 0.577. The van der Waals surface area contributed by atoms with Gasteiger partial charge in [-0.05, 0) is 56.5 Å². The van der Waals surface area contributed by atoms with Crippen LogP contribution in [-0.2, 0) is 22.6 Å². The van der Waals surface area contributed by atoms with Gasteiger partial charge in [-0.1, -0.05) is 48.2 Å². The Kier molecular flexibility index (Phi) is 8.05. The van der Waals surface area contributed by atoms with Crippen molar-refractivity contribution in [3.63, 3.8) is 0 Å². The van der Waals surface area contributed by atoms with E-state index in [1.807, 2.05) is 74.7 Å². The summed E-state index contributed by atoms with van der Waals surface area (Å²) >= 11 is 1.32. The predicted molar refractivity (Wildman–Crippen MR) is 128 cm³/mol. The molecule has 3 rings (SSSR count). The van der Waals surface area contributed by atoms with Crippen LogP contribution in [0, 0.1) is 13.8 Å². The van der Waals surface area contributed by atoms with Crippen LogP contribution in [0.15, 0.2) is 53.7 Å². The Hall–Kier alpha value is -3.13. The first-order chi connectivity index (χ1) is 15.4.